The van der Waals surface area contributed by atoms with Crippen molar-refractivity contribution >= 4 is 16.7 Å². The monoisotopic (exact) mass is 446 g/mol. The van der Waals surface area contributed by atoms with Crippen molar-refractivity contribution in [2.24, 2.45) is 0 Å². The summed E-state index contributed by atoms with van der Waals surface area (Å²) in [7, 11) is 0. The van der Waals surface area contributed by atoms with E-state index >= 15 is 0 Å². The summed E-state index contributed by atoms with van der Waals surface area (Å²) in [5, 5.41) is 4.95. The van der Waals surface area contributed by atoms with Gasteiger partial charge in [-0.05, 0) is 56.5 Å². The summed E-state index contributed by atoms with van der Waals surface area (Å²) < 4.78 is 5.74. The molecule has 34 heavy (non-hydrogen) atoms. The van der Waals surface area contributed by atoms with Gasteiger partial charge in [-0.25, -0.2) is 9.48 Å². The zero-order valence-electron chi connectivity index (χ0n) is 19.2. The van der Waals surface area contributed by atoms with Crippen LogP contribution in [0.5, 0.6) is 0 Å². The Kier molecular flexibility index (Phi) is 5.02. The third kappa shape index (κ3) is 3.50. The first-order valence-electron chi connectivity index (χ1n) is 11.8. The Bertz CT molecular complexity index is 1570. The van der Waals surface area contributed by atoms with Gasteiger partial charge in [0.1, 0.15) is 0 Å². The molecule has 168 valence electrons. The first kappa shape index (κ1) is 20.5. The van der Waals surface area contributed by atoms with E-state index in [1.54, 1.807) is 0 Å². The van der Waals surface area contributed by atoms with Crippen molar-refractivity contribution in [2.75, 3.05) is 0 Å². The van der Waals surface area contributed by atoms with Crippen LogP contribution in [0.4, 0.5) is 0 Å². The quantitative estimate of drug-likeness (QED) is 0.330. The average molecular weight is 447 g/mol. The van der Waals surface area contributed by atoms with E-state index < -0.39 is 0 Å². The molecule has 5 heteroatoms. The summed E-state index contributed by atoms with van der Waals surface area (Å²) in [6.45, 7) is 2.52. The molecule has 0 saturated heterocycles. The van der Waals surface area contributed by atoms with Gasteiger partial charge in [-0.2, -0.15) is 5.10 Å². The van der Waals surface area contributed by atoms with Crippen molar-refractivity contribution in [1.29, 1.82) is 0 Å². The van der Waals surface area contributed by atoms with Crippen molar-refractivity contribution in [3.8, 4) is 16.9 Å². The number of para-hydroxylation sites is 3. The Morgan fingerprint density at radius 2 is 1.62 bits per heavy atom. The Morgan fingerprint density at radius 1 is 0.882 bits per heavy atom. The number of aryl methyl sites for hydroxylation is 1. The minimum Gasteiger partial charge on any atom is -0.286 e. The van der Waals surface area contributed by atoms with Gasteiger partial charge in [0.15, 0.2) is 0 Å². The minimum atomic E-state index is 0.00653. The number of allylic oxidation sites excluding steroid dienone is 2. The molecular formula is C29H26N4O. The van der Waals surface area contributed by atoms with Gasteiger partial charge < -0.3 is 0 Å². The number of fused-ring (bicyclic) bond motifs is 1. The Morgan fingerprint density at radius 3 is 2.35 bits per heavy atom. The number of imidazole rings is 1. The van der Waals surface area contributed by atoms with Crippen LogP contribution in [-0.4, -0.2) is 18.9 Å². The maximum Gasteiger partial charge on any atom is 0.333 e. The SMILES string of the molecule is Cc1ccc(-c2cc(Cn3c(=O)n(C4=CCCC4)c4ccccc43)n(-c3ccccc3)n2)cc1. The Hall–Kier alpha value is -4.12. The number of aromatic nitrogens is 4. The zero-order valence-corrected chi connectivity index (χ0v) is 19.2. The number of hydrogen-bond acceptors (Lipinski definition) is 2. The highest BCUT2D eigenvalue weighted by Crippen LogP contribution is 2.27. The highest BCUT2D eigenvalue weighted by molar-refractivity contribution is 5.80. The topological polar surface area (TPSA) is 44.8 Å². The van der Waals surface area contributed by atoms with Gasteiger partial charge in [-0.3, -0.25) is 9.13 Å². The maximum absolute atomic E-state index is 13.7. The molecule has 0 N–H and O–H groups in total. The van der Waals surface area contributed by atoms with Crippen LogP contribution < -0.4 is 5.69 Å². The first-order valence-corrected chi connectivity index (χ1v) is 11.8. The van der Waals surface area contributed by atoms with Gasteiger partial charge in [-0.15, -0.1) is 0 Å². The fraction of sp³-hybridized carbons (Fsp3) is 0.172. The summed E-state index contributed by atoms with van der Waals surface area (Å²) in [5.74, 6) is 0. The van der Waals surface area contributed by atoms with Gasteiger partial charge in [0, 0.05) is 11.3 Å². The Labute approximate surface area is 198 Å². The first-order chi connectivity index (χ1) is 16.7. The van der Waals surface area contributed by atoms with E-state index in [1.165, 1.54) is 5.56 Å². The second kappa shape index (κ2) is 8.34. The van der Waals surface area contributed by atoms with Gasteiger partial charge in [-0.1, -0.05) is 66.2 Å². The van der Waals surface area contributed by atoms with Crippen molar-refractivity contribution in [3.63, 3.8) is 0 Å². The van der Waals surface area contributed by atoms with E-state index in [1.807, 2.05) is 68.4 Å². The largest absolute Gasteiger partial charge is 0.333 e. The second-order valence-electron chi connectivity index (χ2n) is 8.91. The van der Waals surface area contributed by atoms with Crippen LogP contribution in [0.2, 0.25) is 0 Å². The van der Waals surface area contributed by atoms with E-state index in [-0.39, 0.29) is 5.69 Å². The van der Waals surface area contributed by atoms with Crippen LogP contribution in [0.25, 0.3) is 33.7 Å². The molecular weight excluding hydrogens is 420 g/mol. The van der Waals surface area contributed by atoms with Crippen LogP contribution in [-0.2, 0) is 6.54 Å². The lowest BCUT2D eigenvalue weighted by atomic mass is 10.1. The fourth-order valence-electron chi connectivity index (χ4n) is 4.85. The summed E-state index contributed by atoms with van der Waals surface area (Å²) in [6.07, 6.45) is 5.26. The van der Waals surface area contributed by atoms with Crippen molar-refractivity contribution in [1.82, 2.24) is 18.9 Å². The summed E-state index contributed by atoms with van der Waals surface area (Å²) in [6, 6.07) is 28.7. The molecule has 6 rings (SSSR count). The molecule has 0 fully saturated rings. The van der Waals surface area contributed by atoms with E-state index in [0.717, 1.165) is 58.6 Å². The van der Waals surface area contributed by atoms with Crippen LogP contribution in [0, 0.1) is 6.92 Å². The molecule has 0 aliphatic heterocycles. The Balaban J connectivity index is 1.51. The molecule has 0 atom stereocenters. The lowest BCUT2D eigenvalue weighted by molar-refractivity contribution is 0.704. The second-order valence-corrected chi connectivity index (χ2v) is 8.91. The molecule has 2 heterocycles. The van der Waals surface area contributed by atoms with Crippen molar-refractivity contribution in [2.45, 2.75) is 32.7 Å². The van der Waals surface area contributed by atoms with Gasteiger partial charge in [0.05, 0.1) is 34.7 Å². The molecule has 0 spiro atoms. The summed E-state index contributed by atoms with van der Waals surface area (Å²) >= 11 is 0. The maximum atomic E-state index is 13.7. The zero-order chi connectivity index (χ0) is 23.1. The number of hydrogen-bond donors (Lipinski definition) is 0. The van der Waals surface area contributed by atoms with Crippen LogP contribution in [0.3, 0.4) is 0 Å². The summed E-state index contributed by atoms with van der Waals surface area (Å²) in [5.41, 5.74) is 8.14. The minimum absolute atomic E-state index is 0.00653. The third-order valence-corrected chi connectivity index (χ3v) is 6.59. The molecule has 1 aliphatic carbocycles. The predicted molar refractivity (Wildman–Crippen MR) is 137 cm³/mol. The van der Waals surface area contributed by atoms with Crippen LogP contribution >= 0.6 is 0 Å². The van der Waals surface area contributed by atoms with E-state index in [0.29, 0.717) is 6.54 Å². The molecule has 5 aromatic rings. The molecule has 3 aromatic carbocycles. The number of benzene rings is 3. The van der Waals surface area contributed by atoms with Gasteiger partial charge in [0.25, 0.3) is 0 Å². The van der Waals surface area contributed by atoms with E-state index in [2.05, 4.69) is 43.3 Å². The highest BCUT2D eigenvalue weighted by Gasteiger charge is 2.20. The molecule has 0 saturated carbocycles. The van der Waals surface area contributed by atoms with Gasteiger partial charge in [0.2, 0.25) is 0 Å². The molecule has 1 aliphatic rings. The molecule has 0 bridgehead atoms. The van der Waals surface area contributed by atoms with Crippen molar-refractivity contribution < 1.29 is 0 Å². The molecule has 0 amide bonds. The van der Waals surface area contributed by atoms with E-state index in [4.69, 9.17) is 5.10 Å². The molecule has 2 aromatic heterocycles. The highest BCUT2D eigenvalue weighted by atomic mass is 16.1. The van der Waals surface area contributed by atoms with Gasteiger partial charge >= 0.3 is 5.69 Å². The lowest BCUT2D eigenvalue weighted by Gasteiger charge is -2.08. The normalized spacial score (nSPS) is 13.5. The van der Waals surface area contributed by atoms with Crippen LogP contribution in [0.15, 0.2) is 95.8 Å². The van der Waals surface area contributed by atoms with E-state index in [9.17, 15) is 4.79 Å². The average Bonchev–Trinajstić information content (AvgIpc) is 3.60. The van der Waals surface area contributed by atoms with Crippen molar-refractivity contribution in [3.05, 3.63) is 113 Å². The summed E-state index contributed by atoms with van der Waals surface area (Å²) in [4.78, 5) is 13.7. The molecule has 0 radical (unpaired) electrons. The standard InChI is InChI=1S/C29H26N4O/c1-21-15-17-22(18-16-21)26-19-25(33(30-26)24-11-3-2-4-12-24)20-31-27-13-7-8-14-28(27)32(29(31)34)23-9-5-6-10-23/h2-4,7-9,11-19H,5-6,10,20H2,1H3. The lowest BCUT2D eigenvalue weighted by Crippen LogP contribution is -2.25. The fourth-order valence-corrected chi connectivity index (χ4v) is 4.85. The molecule has 5 nitrogen and oxygen atoms in total. The third-order valence-electron chi connectivity index (χ3n) is 6.59. The smallest absolute Gasteiger partial charge is 0.286 e. The predicted octanol–water partition coefficient (Wildman–Crippen LogP) is 6.04. The van der Waals surface area contributed by atoms with Crippen LogP contribution in [0.1, 0.15) is 30.5 Å². The number of nitrogens with zero attached hydrogens (tertiary/aromatic N) is 4. The number of rotatable bonds is 5. The molecule has 0 unspecified atom stereocenters.